The summed E-state index contributed by atoms with van der Waals surface area (Å²) in [4.78, 5) is 56.8. The molecule has 1 aromatic heterocycles. The number of alkyl carbamates (subject to hydrolysis) is 1. The van der Waals surface area contributed by atoms with Gasteiger partial charge in [-0.1, -0.05) is 13.8 Å². The zero-order chi connectivity index (χ0) is 29.5. The molecule has 0 aliphatic carbocycles. The number of nitrogens with one attached hydrogen (secondary N) is 2. The molecule has 2 aliphatic heterocycles. The normalized spacial score (nSPS) is 17.0. The highest BCUT2D eigenvalue weighted by molar-refractivity contribution is 5.96. The average Bonchev–Trinajstić information content (AvgIpc) is 3.34. The molecular weight excluding hydrogens is 542 g/mol. The number of ether oxygens (including phenoxy) is 2. The number of rotatable bonds is 9. The molecule has 41 heavy (non-hydrogen) atoms. The van der Waals surface area contributed by atoms with E-state index >= 15 is 8.78 Å². The summed E-state index contributed by atoms with van der Waals surface area (Å²) >= 11 is 0. The van der Waals surface area contributed by atoms with Crippen molar-refractivity contribution in [3.8, 4) is 0 Å². The number of anilines is 2. The van der Waals surface area contributed by atoms with Crippen LogP contribution in [0.3, 0.4) is 0 Å². The Hall–Kier alpha value is -4.49. The van der Waals surface area contributed by atoms with Gasteiger partial charge in [-0.2, -0.15) is 0 Å². The quantitative estimate of drug-likeness (QED) is 0.466. The lowest BCUT2D eigenvalue weighted by molar-refractivity contribution is -0.130. The Morgan fingerprint density at radius 1 is 1.12 bits per heavy atom. The molecule has 220 valence electrons. The van der Waals surface area contributed by atoms with Gasteiger partial charge in [-0.25, -0.2) is 18.4 Å². The van der Waals surface area contributed by atoms with Gasteiger partial charge in [0.2, 0.25) is 5.91 Å². The fourth-order valence-electron chi connectivity index (χ4n) is 4.39. The van der Waals surface area contributed by atoms with Gasteiger partial charge in [-0.3, -0.25) is 19.5 Å². The second kappa shape index (κ2) is 13.2. The number of pyridine rings is 1. The van der Waals surface area contributed by atoms with Gasteiger partial charge in [0.15, 0.2) is 11.6 Å². The molecule has 0 bridgehead atoms. The lowest BCUT2D eigenvalue weighted by Crippen LogP contribution is -2.51. The van der Waals surface area contributed by atoms with Crippen molar-refractivity contribution in [3.63, 3.8) is 0 Å². The number of piperazine rings is 1. The predicted octanol–water partition coefficient (Wildman–Crippen LogP) is 2.15. The molecule has 0 unspecified atom stereocenters. The first-order valence-electron chi connectivity index (χ1n) is 13.2. The highest BCUT2D eigenvalue weighted by Gasteiger charge is 2.34. The summed E-state index contributed by atoms with van der Waals surface area (Å²) in [5.74, 6) is -2.31. The first-order chi connectivity index (χ1) is 19.6. The van der Waals surface area contributed by atoms with Crippen LogP contribution in [0, 0.1) is 17.6 Å². The number of hydrogen-bond donors (Lipinski definition) is 2. The number of amides is 4. The minimum absolute atomic E-state index is 0.0143. The number of nitrogens with zero attached hydrogens (tertiary/aromatic N) is 4. The number of cyclic esters (lactones) is 1. The SMILES string of the molecule is CC(C)COC(=O)NC[C@H]1CN(c2cc(F)c(N3CCN(C(=O)CNC(=O)c4cccnc4)CC3)c(F)c2)C(=O)O1. The molecule has 3 heterocycles. The summed E-state index contributed by atoms with van der Waals surface area (Å²) in [5, 5.41) is 5.06. The molecule has 2 fully saturated rings. The van der Waals surface area contributed by atoms with E-state index in [9.17, 15) is 19.2 Å². The molecule has 14 heteroatoms. The zero-order valence-corrected chi connectivity index (χ0v) is 22.8. The van der Waals surface area contributed by atoms with Gasteiger partial charge in [-0.15, -0.1) is 0 Å². The first-order valence-corrected chi connectivity index (χ1v) is 13.2. The molecule has 2 aliphatic rings. The Morgan fingerprint density at radius 2 is 1.83 bits per heavy atom. The first kappa shape index (κ1) is 29.5. The lowest BCUT2D eigenvalue weighted by atomic mass is 10.2. The summed E-state index contributed by atoms with van der Waals surface area (Å²) < 4.78 is 40.5. The van der Waals surface area contributed by atoms with Crippen LogP contribution in [0.1, 0.15) is 24.2 Å². The number of carbonyl (C=O) groups excluding carboxylic acids is 4. The van der Waals surface area contributed by atoms with E-state index in [4.69, 9.17) is 9.47 Å². The largest absolute Gasteiger partial charge is 0.449 e. The molecule has 2 saturated heterocycles. The van der Waals surface area contributed by atoms with Gasteiger partial charge in [0, 0.05) is 50.7 Å². The number of hydrogen-bond acceptors (Lipinski definition) is 8. The van der Waals surface area contributed by atoms with Crippen molar-refractivity contribution in [1.29, 1.82) is 0 Å². The van der Waals surface area contributed by atoms with Crippen LogP contribution in [-0.2, 0) is 14.3 Å². The van der Waals surface area contributed by atoms with Crippen molar-refractivity contribution in [2.75, 3.05) is 62.2 Å². The number of benzene rings is 1. The highest BCUT2D eigenvalue weighted by atomic mass is 19.1. The highest BCUT2D eigenvalue weighted by Crippen LogP contribution is 2.31. The van der Waals surface area contributed by atoms with Crippen LogP contribution in [-0.4, -0.2) is 92.4 Å². The minimum Gasteiger partial charge on any atom is -0.449 e. The summed E-state index contributed by atoms with van der Waals surface area (Å²) in [6.07, 6.45) is 0.765. The van der Waals surface area contributed by atoms with E-state index in [2.05, 4.69) is 15.6 Å². The Balaban J connectivity index is 1.29. The van der Waals surface area contributed by atoms with Gasteiger partial charge in [0.25, 0.3) is 5.91 Å². The number of halogens is 2. The summed E-state index contributed by atoms with van der Waals surface area (Å²) in [6.45, 7) is 4.52. The van der Waals surface area contributed by atoms with E-state index in [-0.39, 0.29) is 75.6 Å². The Bertz CT molecular complexity index is 1250. The van der Waals surface area contributed by atoms with Crippen molar-refractivity contribution in [2.45, 2.75) is 20.0 Å². The number of aromatic nitrogens is 1. The number of carbonyl (C=O) groups is 4. The topological polar surface area (TPSA) is 133 Å². The van der Waals surface area contributed by atoms with Crippen LogP contribution < -0.4 is 20.4 Å². The molecule has 12 nitrogen and oxygen atoms in total. The Morgan fingerprint density at radius 3 is 2.46 bits per heavy atom. The second-order valence-corrected chi connectivity index (χ2v) is 10.0. The molecule has 0 radical (unpaired) electrons. The van der Waals surface area contributed by atoms with E-state index < -0.39 is 35.8 Å². The van der Waals surface area contributed by atoms with E-state index in [0.717, 1.165) is 17.0 Å². The molecule has 4 rings (SSSR count). The fourth-order valence-corrected chi connectivity index (χ4v) is 4.39. The van der Waals surface area contributed by atoms with Crippen LogP contribution in [0.25, 0.3) is 0 Å². The minimum atomic E-state index is -0.866. The summed E-state index contributed by atoms with van der Waals surface area (Å²) in [7, 11) is 0. The molecular formula is C27H32F2N6O6. The van der Waals surface area contributed by atoms with Crippen LogP contribution in [0.5, 0.6) is 0 Å². The van der Waals surface area contributed by atoms with E-state index in [1.54, 1.807) is 12.1 Å². The van der Waals surface area contributed by atoms with E-state index in [1.807, 2.05) is 13.8 Å². The molecule has 1 atom stereocenters. The maximum Gasteiger partial charge on any atom is 0.414 e. The molecule has 4 amide bonds. The monoisotopic (exact) mass is 574 g/mol. The van der Waals surface area contributed by atoms with Crippen molar-refractivity contribution in [2.24, 2.45) is 5.92 Å². The van der Waals surface area contributed by atoms with Crippen molar-refractivity contribution >= 4 is 35.4 Å². The van der Waals surface area contributed by atoms with Crippen molar-refractivity contribution in [1.82, 2.24) is 20.5 Å². The summed E-state index contributed by atoms with van der Waals surface area (Å²) in [5.41, 5.74) is 0.0527. The third-order valence-electron chi connectivity index (χ3n) is 6.48. The third-order valence-corrected chi connectivity index (χ3v) is 6.48. The lowest BCUT2D eigenvalue weighted by Gasteiger charge is -2.36. The maximum atomic E-state index is 15.1. The summed E-state index contributed by atoms with van der Waals surface area (Å²) in [6, 6.07) is 5.30. The van der Waals surface area contributed by atoms with Gasteiger partial charge in [0.1, 0.15) is 11.8 Å². The third kappa shape index (κ3) is 7.58. The Labute approximate surface area is 235 Å². The Kier molecular flexibility index (Phi) is 9.53. The fraction of sp³-hybridized carbons (Fsp3) is 0.444. The smallest absolute Gasteiger partial charge is 0.414 e. The van der Waals surface area contributed by atoms with Crippen LogP contribution in [0.15, 0.2) is 36.7 Å². The van der Waals surface area contributed by atoms with Crippen LogP contribution >= 0.6 is 0 Å². The maximum absolute atomic E-state index is 15.1. The van der Waals surface area contributed by atoms with Crippen LogP contribution in [0.4, 0.5) is 29.7 Å². The van der Waals surface area contributed by atoms with Gasteiger partial charge in [-0.05, 0) is 18.1 Å². The zero-order valence-electron chi connectivity index (χ0n) is 22.8. The molecule has 0 spiro atoms. The molecule has 1 aromatic carbocycles. The van der Waals surface area contributed by atoms with E-state index in [0.29, 0.717) is 5.56 Å². The second-order valence-electron chi connectivity index (χ2n) is 10.0. The van der Waals surface area contributed by atoms with Gasteiger partial charge >= 0.3 is 12.2 Å². The van der Waals surface area contributed by atoms with Crippen molar-refractivity contribution in [3.05, 3.63) is 53.9 Å². The van der Waals surface area contributed by atoms with Crippen molar-refractivity contribution < 1.29 is 37.4 Å². The van der Waals surface area contributed by atoms with Gasteiger partial charge < -0.3 is 29.9 Å². The average molecular weight is 575 g/mol. The standard InChI is InChI=1S/C27H32F2N6O6/c1-17(2)16-40-26(38)32-13-20-15-35(27(39)41-20)19-10-21(28)24(22(29)11-19)34-8-6-33(7-9-34)23(36)14-31-25(37)18-4-3-5-30-12-18/h3-5,10-12,17,20H,6-9,13-16H2,1-2H3,(H,31,37)(H,32,38)/t20-/m0/s1. The van der Waals surface area contributed by atoms with Gasteiger partial charge in [0.05, 0.1) is 37.5 Å². The van der Waals surface area contributed by atoms with Crippen LogP contribution in [0.2, 0.25) is 0 Å². The molecule has 2 aromatic rings. The molecule has 0 saturated carbocycles. The molecule has 2 N–H and O–H groups in total. The predicted molar refractivity (Wildman–Crippen MR) is 144 cm³/mol. The van der Waals surface area contributed by atoms with E-state index in [1.165, 1.54) is 22.2 Å².